The number of imide groups is 1. The quantitative estimate of drug-likeness (QED) is 0.807. The van der Waals surface area contributed by atoms with E-state index in [-0.39, 0.29) is 24.3 Å². The maximum Gasteiger partial charge on any atom is 0.329 e. The maximum absolute atomic E-state index is 13.0. The lowest BCUT2D eigenvalue weighted by Gasteiger charge is -2.31. The molecule has 2 aromatic rings. The number of carbonyl (C=O) groups is 4. The fraction of sp³-hybridized carbons (Fsp3) is 0.273. The lowest BCUT2D eigenvalue weighted by atomic mass is 9.98. The fourth-order valence-electron chi connectivity index (χ4n) is 4.04. The molecule has 1 unspecified atom stereocenters. The van der Waals surface area contributed by atoms with Crippen molar-refractivity contribution in [1.29, 1.82) is 0 Å². The van der Waals surface area contributed by atoms with E-state index in [0.717, 1.165) is 4.90 Å². The van der Waals surface area contributed by atoms with Crippen molar-refractivity contribution >= 4 is 23.7 Å². The Bertz CT molecular complexity index is 1010. The summed E-state index contributed by atoms with van der Waals surface area (Å²) in [6.45, 7) is 1.98. The molecular weight excluding hydrogens is 372 g/mol. The van der Waals surface area contributed by atoms with Crippen molar-refractivity contribution in [2.24, 2.45) is 0 Å². The normalized spacial score (nSPS) is 20.9. The van der Waals surface area contributed by atoms with Gasteiger partial charge in [0.2, 0.25) is 0 Å². The molecule has 0 aromatic heterocycles. The van der Waals surface area contributed by atoms with E-state index in [1.165, 1.54) is 4.90 Å². The summed E-state index contributed by atoms with van der Waals surface area (Å²) >= 11 is 0. The SMILES string of the molecule is CC1(C(=O)O)CCCN1C(=O)c1cccc(CN2C(=O)c3ccccc3C2=O)c1. The highest BCUT2D eigenvalue weighted by Crippen LogP contribution is 2.31. The van der Waals surface area contributed by atoms with Gasteiger partial charge in [0.1, 0.15) is 5.54 Å². The van der Waals surface area contributed by atoms with Crippen LogP contribution in [0.5, 0.6) is 0 Å². The number of likely N-dealkylation sites (tertiary alicyclic amines) is 1. The van der Waals surface area contributed by atoms with E-state index in [9.17, 15) is 24.3 Å². The van der Waals surface area contributed by atoms with Gasteiger partial charge in [0.15, 0.2) is 0 Å². The first-order valence-corrected chi connectivity index (χ1v) is 9.42. The molecule has 2 aliphatic rings. The first kappa shape index (κ1) is 18.9. The van der Waals surface area contributed by atoms with Crippen LogP contribution in [0.15, 0.2) is 48.5 Å². The number of fused-ring (bicyclic) bond motifs is 1. The monoisotopic (exact) mass is 392 g/mol. The molecule has 2 aliphatic heterocycles. The highest BCUT2D eigenvalue weighted by atomic mass is 16.4. The molecule has 0 bridgehead atoms. The number of hydrogen-bond acceptors (Lipinski definition) is 4. The molecule has 148 valence electrons. The smallest absolute Gasteiger partial charge is 0.329 e. The zero-order chi connectivity index (χ0) is 20.8. The van der Waals surface area contributed by atoms with Crippen LogP contribution in [0.1, 0.15) is 56.4 Å². The molecule has 2 aromatic carbocycles. The van der Waals surface area contributed by atoms with E-state index in [4.69, 9.17) is 0 Å². The minimum atomic E-state index is -1.23. The molecule has 1 atom stereocenters. The minimum Gasteiger partial charge on any atom is -0.480 e. The molecule has 1 fully saturated rings. The van der Waals surface area contributed by atoms with Crippen LogP contribution in [0.3, 0.4) is 0 Å². The van der Waals surface area contributed by atoms with Crippen molar-refractivity contribution in [2.75, 3.05) is 6.54 Å². The van der Waals surface area contributed by atoms with Gasteiger partial charge in [0.05, 0.1) is 17.7 Å². The Labute approximate surface area is 167 Å². The number of carboxylic acid groups (broad SMARTS) is 1. The standard InChI is InChI=1S/C22H20N2O5/c1-22(21(28)29)10-5-11-24(22)18(25)15-7-4-6-14(12-15)13-23-19(26)16-8-2-3-9-17(16)20(23)27/h2-4,6-9,12H,5,10-11,13H2,1H3,(H,28,29). The molecule has 0 aliphatic carbocycles. The van der Waals surface area contributed by atoms with Crippen molar-refractivity contribution in [3.05, 3.63) is 70.8 Å². The van der Waals surface area contributed by atoms with E-state index in [0.29, 0.717) is 41.6 Å². The van der Waals surface area contributed by atoms with Crippen LogP contribution in [0, 0.1) is 0 Å². The summed E-state index contributed by atoms with van der Waals surface area (Å²) in [7, 11) is 0. The predicted molar refractivity (Wildman–Crippen MR) is 103 cm³/mol. The lowest BCUT2D eigenvalue weighted by Crippen LogP contribution is -2.50. The molecule has 0 spiro atoms. The summed E-state index contributed by atoms with van der Waals surface area (Å²) in [6.07, 6.45) is 1.03. The second-order valence-corrected chi connectivity index (χ2v) is 7.58. The molecule has 1 N–H and O–H groups in total. The summed E-state index contributed by atoms with van der Waals surface area (Å²) in [5, 5.41) is 9.55. The van der Waals surface area contributed by atoms with Crippen LogP contribution in [0.2, 0.25) is 0 Å². The van der Waals surface area contributed by atoms with Crippen molar-refractivity contribution in [3.63, 3.8) is 0 Å². The van der Waals surface area contributed by atoms with Gasteiger partial charge in [0.25, 0.3) is 17.7 Å². The van der Waals surface area contributed by atoms with Gasteiger partial charge in [-0.15, -0.1) is 0 Å². The number of carboxylic acids is 1. The van der Waals surface area contributed by atoms with Gasteiger partial charge in [-0.2, -0.15) is 0 Å². The Kier molecular flexibility index (Phi) is 4.45. The molecule has 7 heteroatoms. The van der Waals surface area contributed by atoms with Crippen LogP contribution in [-0.2, 0) is 11.3 Å². The second kappa shape index (κ2) is 6.84. The Morgan fingerprint density at radius 2 is 1.69 bits per heavy atom. The van der Waals surface area contributed by atoms with Gasteiger partial charge >= 0.3 is 5.97 Å². The maximum atomic E-state index is 13.0. The Hall–Kier alpha value is -3.48. The minimum absolute atomic E-state index is 0.0453. The summed E-state index contributed by atoms with van der Waals surface area (Å²) in [4.78, 5) is 52.3. The number of aliphatic carboxylic acids is 1. The molecule has 2 heterocycles. The zero-order valence-corrected chi connectivity index (χ0v) is 15.9. The van der Waals surface area contributed by atoms with Gasteiger partial charge in [-0.05, 0) is 49.6 Å². The number of hydrogen-bond donors (Lipinski definition) is 1. The largest absolute Gasteiger partial charge is 0.480 e. The molecular formula is C22H20N2O5. The van der Waals surface area contributed by atoms with Crippen molar-refractivity contribution in [3.8, 4) is 0 Å². The molecule has 0 radical (unpaired) electrons. The van der Waals surface area contributed by atoms with Crippen LogP contribution in [0.25, 0.3) is 0 Å². The molecule has 1 saturated heterocycles. The zero-order valence-electron chi connectivity index (χ0n) is 15.9. The topological polar surface area (TPSA) is 95.0 Å². The van der Waals surface area contributed by atoms with Crippen molar-refractivity contribution in [2.45, 2.75) is 31.8 Å². The third-order valence-corrected chi connectivity index (χ3v) is 5.74. The Morgan fingerprint density at radius 3 is 2.31 bits per heavy atom. The van der Waals surface area contributed by atoms with Gasteiger partial charge in [-0.25, -0.2) is 4.79 Å². The lowest BCUT2D eigenvalue weighted by molar-refractivity contribution is -0.147. The number of rotatable bonds is 4. The van der Waals surface area contributed by atoms with E-state index in [1.807, 2.05) is 0 Å². The van der Waals surface area contributed by atoms with Gasteiger partial charge in [0, 0.05) is 12.1 Å². The molecule has 0 saturated carbocycles. The third-order valence-electron chi connectivity index (χ3n) is 5.74. The van der Waals surface area contributed by atoms with Gasteiger partial charge < -0.3 is 10.0 Å². The highest BCUT2D eigenvalue weighted by Gasteiger charge is 2.46. The summed E-state index contributed by atoms with van der Waals surface area (Å²) in [6, 6.07) is 13.3. The highest BCUT2D eigenvalue weighted by molar-refractivity contribution is 6.21. The number of amides is 3. The first-order chi connectivity index (χ1) is 13.8. The molecule has 3 amide bonds. The Morgan fingerprint density at radius 1 is 1.03 bits per heavy atom. The van der Waals surface area contributed by atoms with Crippen molar-refractivity contribution < 1.29 is 24.3 Å². The average Bonchev–Trinajstić information content (AvgIpc) is 3.23. The number of benzene rings is 2. The van der Waals surface area contributed by atoms with Crippen LogP contribution in [-0.4, -0.2) is 50.7 Å². The summed E-state index contributed by atoms with van der Waals surface area (Å²) in [5.41, 5.74) is 0.489. The van der Waals surface area contributed by atoms with Crippen LogP contribution < -0.4 is 0 Å². The van der Waals surface area contributed by atoms with Crippen LogP contribution in [0.4, 0.5) is 0 Å². The molecule has 7 nitrogen and oxygen atoms in total. The Balaban J connectivity index is 1.57. The van der Waals surface area contributed by atoms with E-state index < -0.39 is 11.5 Å². The molecule has 29 heavy (non-hydrogen) atoms. The first-order valence-electron chi connectivity index (χ1n) is 9.42. The second-order valence-electron chi connectivity index (χ2n) is 7.58. The van der Waals surface area contributed by atoms with Gasteiger partial charge in [-0.1, -0.05) is 24.3 Å². The molecule has 4 rings (SSSR count). The number of carbonyl (C=O) groups excluding carboxylic acids is 3. The summed E-state index contributed by atoms with van der Waals surface area (Å²) < 4.78 is 0. The number of nitrogens with zero attached hydrogens (tertiary/aromatic N) is 2. The third kappa shape index (κ3) is 2.99. The average molecular weight is 392 g/mol. The van der Waals surface area contributed by atoms with Gasteiger partial charge in [-0.3, -0.25) is 19.3 Å². The predicted octanol–water partition coefficient (Wildman–Crippen LogP) is 2.56. The van der Waals surface area contributed by atoms with E-state index in [1.54, 1.807) is 55.5 Å². The fourth-order valence-corrected chi connectivity index (χ4v) is 4.04. The van der Waals surface area contributed by atoms with Crippen LogP contribution >= 0.6 is 0 Å². The van der Waals surface area contributed by atoms with Crippen molar-refractivity contribution in [1.82, 2.24) is 9.80 Å². The van der Waals surface area contributed by atoms with E-state index in [2.05, 4.69) is 0 Å². The summed E-state index contributed by atoms with van der Waals surface area (Å²) in [5.74, 6) is -2.11. The van der Waals surface area contributed by atoms with E-state index >= 15 is 0 Å².